The Bertz CT molecular complexity index is 938. The van der Waals surface area contributed by atoms with Gasteiger partial charge in [0.25, 0.3) is 25.8 Å². The van der Waals surface area contributed by atoms with Crippen LogP contribution in [0.5, 0.6) is 0 Å². The maximum Gasteiger partial charge on any atom is 0.296 e. The smallest absolute Gasteiger partial charge is 0.294 e. The Labute approximate surface area is 119 Å². The molecule has 0 aliphatic rings. The van der Waals surface area contributed by atoms with E-state index in [0.717, 1.165) is 16.8 Å². The summed E-state index contributed by atoms with van der Waals surface area (Å²) in [6.45, 7) is 0. The highest BCUT2D eigenvalue weighted by Crippen LogP contribution is 2.17. The zero-order valence-electron chi connectivity index (χ0n) is 10.3. The second-order valence-electron chi connectivity index (χ2n) is 4.12. The predicted octanol–water partition coefficient (Wildman–Crippen LogP) is -0.200. The Morgan fingerprint density at radius 2 is 1.71 bits per heavy atom. The molecule has 1 aromatic heterocycles. The van der Waals surface area contributed by atoms with E-state index in [0.29, 0.717) is 0 Å². The third kappa shape index (κ3) is 3.58. The molecule has 11 heteroatoms. The molecule has 0 atom stereocenters. The van der Waals surface area contributed by atoms with Crippen molar-refractivity contribution in [1.29, 1.82) is 0 Å². The van der Waals surface area contributed by atoms with Crippen molar-refractivity contribution in [2.45, 2.75) is 10.6 Å². The Morgan fingerprint density at radius 3 is 2.29 bits per heavy atom. The maximum atomic E-state index is 11.8. The van der Waals surface area contributed by atoms with Gasteiger partial charge in [-0.05, 0) is 12.1 Å². The van der Waals surface area contributed by atoms with Gasteiger partial charge < -0.3 is 0 Å². The average Bonchev–Trinajstić information content (AvgIpc) is 2.66. The fourth-order valence-corrected chi connectivity index (χ4v) is 2.97. The van der Waals surface area contributed by atoms with Crippen LogP contribution in [0.3, 0.4) is 0 Å². The van der Waals surface area contributed by atoms with Crippen LogP contribution in [0, 0.1) is 0 Å². The van der Waals surface area contributed by atoms with Gasteiger partial charge in [0.2, 0.25) is 0 Å². The first kappa shape index (κ1) is 15.4. The topological polar surface area (TPSA) is 147 Å². The van der Waals surface area contributed by atoms with E-state index in [4.69, 9.17) is 9.11 Å². The van der Waals surface area contributed by atoms with Crippen molar-refractivity contribution in [3.63, 3.8) is 0 Å². The Hall–Kier alpha value is -1.95. The first-order chi connectivity index (χ1) is 9.58. The van der Waals surface area contributed by atoms with Crippen LogP contribution in [-0.2, 0) is 26.0 Å². The van der Waals surface area contributed by atoms with Gasteiger partial charge in [-0.15, -0.1) is 0 Å². The maximum absolute atomic E-state index is 11.8. The molecule has 21 heavy (non-hydrogen) atoms. The zero-order chi connectivity index (χ0) is 15.8. The highest BCUT2D eigenvalue weighted by Gasteiger charge is 2.19. The van der Waals surface area contributed by atoms with E-state index in [1.807, 2.05) is 0 Å². The minimum absolute atomic E-state index is 0.132. The summed E-state index contributed by atoms with van der Waals surface area (Å²) in [4.78, 5) is 11.3. The van der Waals surface area contributed by atoms with Crippen LogP contribution in [0.4, 0.5) is 0 Å². The highest BCUT2D eigenvalue weighted by atomic mass is 32.2. The average molecular weight is 334 g/mol. The monoisotopic (exact) mass is 334 g/mol. The first-order valence-electron chi connectivity index (χ1n) is 5.41. The summed E-state index contributed by atoms with van der Waals surface area (Å²) >= 11 is 0. The van der Waals surface area contributed by atoms with E-state index in [9.17, 15) is 21.6 Å². The normalized spacial score (nSPS) is 12.5. The molecule has 0 fully saturated rings. The van der Waals surface area contributed by atoms with E-state index < -0.39 is 36.4 Å². The number of benzene rings is 1. The number of aromatic amines is 1. The van der Waals surface area contributed by atoms with Crippen molar-refractivity contribution in [1.82, 2.24) is 9.78 Å². The lowest BCUT2D eigenvalue weighted by atomic mass is 10.3. The van der Waals surface area contributed by atoms with Crippen molar-refractivity contribution in [2.24, 2.45) is 0 Å². The fourth-order valence-electron chi connectivity index (χ4n) is 1.75. The first-order valence-corrected chi connectivity index (χ1v) is 8.46. The minimum atomic E-state index is -4.57. The van der Waals surface area contributed by atoms with Gasteiger partial charge in [-0.2, -0.15) is 16.8 Å². The lowest BCUT2D eigenvalue weighted by molar-refractivity contribution is 0.478. The van der Waals surface area contributed by atoms with Gasteiger partial charge in [0, 0.05) is 6.07 Å². The van der Waals surface area contributed by atoms with Crippen LogP contribution in [0.15, 0.2) is 40.0 Å². The summed E-state index contributed by atoms with van der Waals surface area (Å²) in [7, 11) is -8.92. The van der Waals surface area contributed by atoms with Gasteiger partial charge in [-0.25, -0.2) is 4.68 Å². The van der Waals surface area contributed by atoms with Crippen LogP contribution in [0.1, 0.15) is 5.69 Å². The molecule has 9 nitrogen and oxygen atoms in total. The van der Waals surface area contributed by atoms with Crippen LogP contribution in [0.2, 0.25) is 0 Å². The predicted molar refractivity (Wildman–Crippen MR) is 71.5 cm³/mol. The summed E-state index contributed by atoms with van der Waals surface area (Å²) in [5.74, 6) is -0.830. The van der Waals surface area contributed by atoms with E-state index in [-0.39, 0.29) is 11.4 Å². The van der Waals surface area contributed by atoms with Gasteiger partial charge in [0.1, 0.15) is 10.6 Å². The van der Waals surface area contributed by atoms with Gasteiger partial charge in [-0.1, -0.05) is 12.1 Å². The minimum Gasteiger partial charge on any atom is -0.294 e. The van der Waals surface area contributed by atoms with Gasteiger partial charge in [0.15, 0.2) is 0 Å². The summed E-state index contributed by atoms with van der Waals surface area (Å²) in [5, 5.41) is 2.36. The standard InChI is InChI=1S/C10H10N2O7S2/c13-10-5-7(6-20(14,15)16)11-12(10)8-3-1-2-4-9(8)21(17,18)19/h1-5,11H,6H2,(H,14,15,16)(H,17,18,19). The molecule has 0 bridgehead atoms. The van der Waals surface area contributed by atoms with Crippen molar-refractivity contribution in [3.8, 4) is 5.69 Å². The Kier molecular flexibility index (Phi) is 3.76. The Morgan fingerprint density at radius 1 is 1.10 bits per heavy atom. The summed E-state index contributed by atoms with van der Waals surface area (Å²) in [6.07, 6.45) is 0. The molecular weight excluding hydrogens is 324 g/mol. The third-order valence-electron chi connectivity index (χ3n) is 2.50. The third-order valence-corrected chi connectivity index (χ3v) is 4.07. The number of nitrogens with one attached hydrogen (secondary N) is 1. The van der Waals surface area contributed by atoms with Crippen molar-refractivity contribution in [3.05, 3.63) is 46.4 Å². The zero-order valence-corrected chi connectivity index (χ0v) is 11.9. The molecule has 0 unspecified atom stereocenters. The second kappa shape index (κ2) is 5.11. The molecule has 0 saturated carbocycles. The van der Waals surface area contributed by atoms with Crippen molar-refractivity contribution in [2.75, 3.05) is 0 Å². The van der Waals surface area contributed by atoms with E-state index in [2.05, 4.69) is 5.10 Å². The molecule has 0 aliphatic heterocycles. The molecule has 1 heterocycles. The lowest BCUT2D eigenvalue weighted by Gasteiger charge is -2.06. The largest absolute Gasteiger partial charge is 0.296 e. The van der Waals surface area contributed by atoms with Crippen LogP contribution < -0.4 is 5.56 Å². The molecule has 0 amide bonds. The van der Waals surface area contributed by atoms with Crippen LogP contribution >= 0.6 is 0 Å². The SMILES string of the molecule is O=c1cc(CS(=O)(=O)O)[nH]n1-c1ccccc1S(=O)(=O)O. The molecule has 0 radical (unpaired) electrons. The van der Waals surface area contributed by atoms with E-state index in [1.165, 1.54) is 18.2 Å². The lowest BCUT2D eigenvalue weighted by Crippen LogP contribution is -2.16. The van der Waals surface area contributed by atoms with Crippen LogP contribution in [0.25, 0.3) is 5.69 Å². The second-order valence-corrected chi connectivity index (χ2v) is 6.97. The molecule has 2 rings (SSSR count). The van der Waals surface area contributed by atoms with Crippen LogP contribution in [-0.4, -0.2) is 35.7 Å². The molecule has 2 aromatic rings. The Balaban J connectivity index is 2.62. The number of hydrogen-bond donors (Lipinski definition) is 3. The van der Waals surface area contributed by atoms with Crippen molar-refractivity contribution < 1.29 is 25.9 Å². The quantitative estimate of drug-likeness (QED) is 0.656. The summed E-state index contributed by atoms with van der Waals surface area (Å²) in [5.41, 5.74) is -1.05. The van der Waals surface area contributed by atoms with E-state index in [1.54, 1.807) is 0 Å². The molecule has 0 saturated heterocycles. The number of aromatic nitrogens is 2. The number of para-hydroxylation sites is 1. The number of nitrogens with zero attached hydrogens (tertiary/aromatic N) is 1. The summed E-state index contributed by atoms with van der Waals surface area (Å²) < 4.78 is 62.7. The molecular formula is C10H10N2O7S2. The summed E-state index contributed by atoms with van der Waals surface area (Å²) in [6, 6.07) is 6.01. The number of hydrogen-bond acceptors (Lipinski definition) is 5. The van der Waals surface area contributed by atoms with Crippen molar-refractivity contribution >= 4 is 20.2 Å². The number of rotatable bonds is 4. The fraction of sp³-hybridized carbons (Fsp3) is 0.100. The molecule has 114 valence electrons. The molecule has 1 aromatic carbocycles. The van der Waals surface area contributed by atoms with Gasteiger partial charge >= 0.3 is 0 Å². The molecule has 3 N–H and O–H groups in total. The van der Waals surface area contributed by atoms with Gasteiger partial charge in [-0.3, -0.25) is 19.0 Å². The molecule has 0 spiro atoms. The van der Waals surface area contributed by atoms with Gasteiger partial charge in [0.05, 0.1) is 11.4 Å². The number of H-pyrrole nitrogens is 1. The highest BCUT2D eigenvalue weighted by molar-refractivity contribution is 7.86. The molecule has 0 aliphatic carbocycles. The van der Waals surface area contributed by atoms with E-state index >= 15 is 0 Å².